The van der Waals surface area contributed by atoms with Gasteiger partial charge in [0, 0.05) is 10.4 Å². The van der Waals surface area contributed by atoms with E-state index < -0.39 is 6.04 Å². The van der Waals surface area contributed by atoms with E-state index in [1.54, 1.807) is 0 Å². The van der Waals surface area contributed by atoms with E-state index in [0.717, 1.165) is 10.4 Å². The van der Waals surface area contributed by atoms with Crippen molar-refractivity contribution in [2.24, 2.45) is 5.73 Å². The van der Waals surface area contributed by atoms with E-state index in [1.165, 1.54) is 11.3 Å². The van der Waals surface area contributed by atoms with E-state index in [2.05, 4.69) is 0 Å². The summed E-state index contributed by atoms with van der Waals surface area (Å²) in [6.45, 7) is 1.99. The molecule has 0 saturated heterocycles. The summed E-state index contributed by atoms with van der Waals surface area (Å²) in [5, 5.41) is 1.93. The van der Waals surface area contributed by atoms with Gasteiger partial charge in [0.1, 0.15) is 6.04 Å². The first kappa shape index (κ1) is 11.0. The highest BCUT2D eigenvalue weighted by Crippen LogP contribution is 2.20. The summed E-state index contributed by atoms with van der Waals surface area (Å²) in [6.07, 6.45) is 0. The number of carbonyl (C=O) groups excluding carboxylic acids is 1. The maximum absolute atomic E-state index is 12.0. The van der Waals surface area contributed by atoms with E-state index in [-0.39, 0.29) is 5.78 Å². The molecule has 0 radical (unpaired) electrons. The third-order valence-electron chi connectivity index (χ3n) is 2.47. The molecule has 0 saturated carbocycles. The molecule has 1 unspecified atom stereocenters. The van der Waals surface area contributed by atoms with E-state index in [1.807, 2.05) is 48.7 Å². The molecule has 1 aromatic heterocycles. The number of thiophene rings is 1. The van der Waals surface area contributed by atoms with Gasteiger partial charge in [-0.25, -0.2) is 0 Å². The SMILES string of the molecule is Cc1ccc(C(=O)C(N)c2cccs2)cc1. The second-order valence-corrected chi connectivity index (χ2v) is 4.70. The number of rotatable bonds is 3. The van der Waals surface area contributed by atoms with Gasteiger partial charge in [-0.2, -0.15) is 0 Å². The Balaban J connectivity index is 2.22. The molecule has 1 atom stereocenters. The first-order chi connectivity index (χ1) is 7.68. The fourth-order valence-corrected chi connectivity index (χ4v) is 2.22. The quantitative estimate of drug-likeness (QED) is 0.825. The standard InChI is InChI=1S/C13H13NOS/c1-9-4-6-10(7-5-9)13(15)12(14)11-3-2-8-16-11/h2-8,12H,14H2,1H3. The number of hydrogen-bond donors (Lipinski definition) is 1. The molecule has 2 rings (SSSR count). The molecule has 0 aliphatic rings. The van der Waals surface area contributed by atoms with Gasteiger partial charge in [-0.05, 0) is 18.4 Å². The molecule has 0 aliphatic carbocycles. The molecule has 82 valence electrons. The Labute approximate surface area is 98.7 Å². The topological polar surface area (TPSA) is 43.1 Å². The van der Waals surface area contributed by atoms with E-state index in [4.69, 9.17) is 5.73 Å². The first-order valence-electron chi connectivity index (χ1n) is 5.08. The smallest absolute Gasteiger partial charge is 0.184 e. The van der Waals surface area contributed by atoms with Crippen LogP contribution in [0.25, 0.3) is 0 Å². The highest BCUT2D eigenvalue weighted by Gasteiger charge is 2.17. The number of carbonyl (C=O) groups is 1. The van der Waals surface area contributed by atoms with Crippen molar-refractivity contribution in [1.82, 2.24) is 0 Å². The van der Waals surface area contributed by atoms with Gasteiger partial charge in [0.25, 0.3) is 0 Å². The van der Waals surface area contributed by atoms with Crippen molar-refractivity contribution in [2.45, 2.75) is 13.0 Å². The Kier molecular flexibility index (Phi) is 3.17. The average Bonchev–Trinajstić information content (AvgIpc) is 2.81. The van der Waals surface area contributed by atoms with Crippen LogP contribution < -0.4 is 5.73 Å². The van der Waals surface area contributed by atoms with Gasteiger partial charge in [-0.3, -0.25) is 4.79 Å². The van der Waals surface area contributed by atoms with Crippen LogP contribution in [-0.4, -0.2) is 5.78 Å². The molecule has 1 heterocycles. The third kappa shape index (κ3) is 2.21. The summed E-state index contributed by atoms with van der Waals surface area (Å²) in [5.74, 6) is -0.0255. The Hall–Kier alpha value is -1.45. The van der Waals surface area contributed by atoms with Gasteiger partial charge in [-0.15, -0.1) is 11.3 Å². The van der Waals surface area contributed by atoms with Crippen molar-refractivity contribution in [1.29, 1.82) is 0 Å². The molecule has 0 fully saturated rings. The lowest BCUT2D eigenvalue weighted by Crippen LogP contribution is -2.20. The lowest BCUT2D eigenvalue weighted by atomic mass is 10.0. The van der Waals surface area contributed by atoms with Crippen LogP contribution >= 0.6 is 11.3 Å². The fraction of sp³-hybridized carbons (Fsp3) is 0.154. The van der Waals surface area contributed by atoms with Crippen molar-refractivity contribution in [2.75, 3.05) is 0 Å². The van der Waals surface area contributed by atoms with Crippen LogP contribution in [0.5, 0.6) is 0 Å². The molecular formula is C13H13NOS. The lowest BCUT2D eigenvalue weighted by molar-refractivity contribution is 0.0962. The summed E-state index contributed by atoms with van der Waals surface area (Å²) in [6, 6.07) is 10.8. The Morgan fingerprint density at radius 1 is 1.25 bits per heavy atom. The number of ketones is 1. The van der Waals surface area contributed by atoms with Crippen molar-refractivity contribution in [3.05, 3.63) is 57.8 Å². The van der Waals surface area contributed by atoms with Gasteiger partial charge in [-0.1, -0.05) is 35.9 Å². The van der Waals surface area contributed by atoms with Crippen LogP contribution in [0, 0.1) is 6.92 Å². The predicted octanol–water partition coefficient (Wildman–Crippen LogP) is 2.94. The molecule has 16 heavy (non-hydrogen) atoms. The fourth-order valence-electron chi connectivity index (χ4n) is 1.49. The summed E-state index contributed by atoms with van der Waals surface area (Å²) >= 11 is 1.51. The first-order valence-corrected chi connectivity index (χ1v) is 5.96. The molecule has 0 amide bonds. The predicted molar refractivity (Wildman–Crippen MR) is 66.8 cm³/mol. The number of benzene rings is 1. The number of aryl methyl sites for hydroxylation is 1. The van der Waals surface area contributed by atoms with Crippen LogP contribution in [-0.2, 0) is 0 Å². The zero-order valence-corrected chi connectivity index (χ0v) is 9.83. The van der Waals surface area contributed by atoms with Gasteiger partial charge in [0.2, 0.25) is 0 Å². The summed E-state index contributed by atoms with van der Waals surface area (Å²) < 4.78 is 0. The van der Waals surface area contributed by atoms with Crippen LogP contribution in [0.3, 0.4) is 0 Å². The van der Waals surface area contributed by atoms with Crippen LogP contribution in [0.1, 0.15) is 26.8 Å². The Morgan fingerprint density at radius 2 is 1.94 bits per heavy atom. The zero-order chi connectivity index (χ0) is 11.5. The third-order valence-corrected chi connectivity index (χ3v) is 3.42. The van der Waals surface area contributed by atoms with Crippen molar-refractivity contribution < 1.29 is 4.79 Å². The van der Waals surface area contributed by atoms with E-state index in [0.29, 0.717) is 5.56 Å². The molecule has 0 spiro atoms. The monoisotopic (exact) mass is 231 g/mol. The van der Waals surface area contributed by atoms with E-state index >= 15 is 0 Å². The summed E-state index contributed by atoms with van der Waals surface area (Å²) in [7, 11) is 0. The average molecular weight is 231 g/mol. The molecular weight excluding hydrogens is 218 g/mol. The minimum atomic E-state index is -0.539. The second-order valence-electron chi connectivity index (χ2n) is 3.72. The van der Waals surface area contributed by atoms with Crippen LogP contribution in [0.4, 0.5) is 0 Å². The second kappa shape index (κ2) is 4.60. The highest BCUT2D eigenvalue weighted by atomic mass is 32.1. The largest absolute Gasteiger partial charge is 0.317 e. The van der Waals surface area contributed by atoms with Crippen LogP contribution in [0.2, 0.25) is 0 Å². The van der Waals surface area contributed by atoms with Crippen molar-refractivity contribution in [3.8, 4) is 0 Å². The lowest BCUT2D eigenvalue weighted by Gasteiger charge is -2.08. The summed E-state index contributed by atoms with van der Waals surface area (Å²) in [4.78, 5) is 12.9. The van der Waals surface area contributed by atoms with E-state index in [9.17, 15) is 4.79 Å². The Bertz CT molecular complexity index is 473. The van der Waals surface area contributed by atoms with Crippen molar-refractivity contribution >= 4 is 17.1 Å². The zero-order valence-electron chi connectivity index (χ0n) is 9.01. The maximum atomic E-state index is 12.0. The number of Topliss-reactive ketones (excluding diaryl/α,β-unsaturated/α-hetero) is 1. The van der Waals surface area contributed by atoms with Gasteiger partial charge in [0.05, 0.1) is 0 Å². The molecule has 3 heteroatoms. The minimum Gasteiger partial charge on any atom is -0.317 e. The molecule has 2 nitrogen and oxygen atoms in total. The maximum Gasteiger partial charge on any atom is 0.184 e. The molecule has 0 aliphatic heterocycles. The molecule has 2 aromatic rings. The van der Waals surface area contributed by atoms with Gasteiger partial charge >= 0.3 is 0 Å². The molecule has 0 bridgehead atoms. The Morgan fingerprint density at radius 3 is 2.50 bits per heavy atom. The number of nitrogens with two attached hydrogens (primary N) is 1. The minimum absolute atomic E-state index is 0.0255. The molecule has 1 aromatic carbocycles. The van der Waals surface area contributed by atoms with Crippen LogP contribution in [0.15, 0.2) is 41.8 Å². The normalized spacial score (nSPS) is 12.4. The number of hydrogen-bond acceptors (Lipinski definition) is 3. The highest BCUT2D eigenvalue weighted by molar-refractivity contribution is 7.10. The molecule has 2 N–H and O–H groups in total. The van der Waals surface area contributed by atoms with Gasteiger partial charge in [0.15, 0.2) is 5.78 Å². The van der Waals surface area contributed by atoms with Gasteiger partial charge < -0.3 is 5.73 Å². The summed E-state index contributed by atoms with van der Waals surface area (Å²) in [5.41, 5.74) is 7.73. The van der Waals surface area contributed by atoms with Crippen molar-refractivity contribution in [3.63, 3.8) is 0 Å².